The van der Waals surface area contributed by atoms with Crippen LogP contribution in [0.15, 0.2) is 24.3 Å². The first kappa shape index (κ1) is 16.5. The van der Waals surface area contributed by atoms with Crippen molar-refractivity contribution in [2.24, 2.45) is 17.1 Å². The second-order valence-corrected chi connectivity index (χ2v) is 7.70. The van der Waals surface area contributed by atoms with Gasteiger partial charge in [-0.2, -0.15) is 0 Å². The fraction of sp³-hybridized carbons (Fsp3) is 0.684. The molecular formula is C19H32N2. The Morgan fingerprint density at radius 3 is 2.62 bits per heavy atom. The van der Waals surface area contributed by atoms with Crippen molar-refractivity contribution >= 4 is 0 Å². The van der Waals surface area contributed by atoms with E-state index in [0.717, 1.165) is 5.92 Å². The quantitative estimate of drug-likeness (QED) is 0.905. The molecule has 0 saturated carbocycles. The number of nitrogens with two attached hydrogens (primary N) is 1. The van der Waals surface area contributed by atoms with E-state index in [0.29, 0.717) is 18.0 Å². The van der Waals surface area contributed by atoms with E-state index in [9.17, 15) is 0 Å². The van der Waals surface area contributed by atoms with Gasteiger partial charge >= 0.3 is 0 Å². The summed E-state index contributed by atoms with van der Waals surface area (Å²) >= 11 is 0. The van der Waals surface area contributed by atoms with Crippen LogP contribution in [0.1, 0.15) is 57.2 Å². The maximum atomic E-state index is 6.12. The molecule has 1 heterocycles. The van der Waals surface area contributed by atoms with Crippen molar-refractivity contribution in [3.8, 4) is 0 Å². The second-order valence-electron chi connectivity index (χ2n) is 7.70. The zero-order valence-electron chi connectivity index (χ0n) is 14.2. The molecule has 2 unspecified atom stereocenters. The average Bonchev–Trinajstić information content (AvgIpc) is 2.65. The van der Waals surface area contributed by atoms with Gasteiger partial charge in [0.15, 0.2) is 0 Å². The van der Waals surface area contributed by atoms with Crippen LogP contribution in [0, 0.1) is 18.3 Å². The van der Waals surface area contributed by atoms with E-state index in [2.05, 4.69) is 56.9 Å². The highest BCUT2D eigenvalue weighted by molar-refractivity contribution is 5.25. The van der Waals surface area contributed by atoms with Gasteiger partial charge in [0.1, 0.15) is 0 Å². The van der Waals surface area contributed by atoms with Crippen molar-refractivity contribution in [2.75, 3.05) is 19.6 Å². The zero-order valence-corrected chi connectivity index (χ0v) is 14.2. The van der Waals surface area contributed by atoms with Gasteiger partial charge in [0.2, 0.25) is 0 Å². The first-order valence-corrected chi connectivity index (χ1v) is 8.42. The van der Waals surface area contributed by atoms with Crippen LogP contribution < -0.4 is 5.73 Å². The summed E-state index contributed by atoms with van der Waals surface area (Å²) in [4.78, 5) is 2.61. The van der Waals surface area contributed by atoms with Crippen molar-refractivity contribution in [2.45, 2.75) is 53.0 Å². The van der Waals surface area contributed by atoms with Crippen LogP contribution in [-0.2, 0) is 0 Å². The van der Waals surface area contributed by atoms with Gasteiger partial charge in [-0.3, -0.25) is 4.90 Å². The van der Waals surface area contributed by atoms with Crippen molar-refractivity contribution in [1.29, 1.82) is 0 Å². The highest BCUT2D eigenvalue weighted by Gasteiger charge is 2.29. The number of hydrogen-bond donors (Lipinski definition) is 1. The summed E-state index contributed by atoms with van der Waals surface area (Å²) in [5.41, 5.74) is 9.25. The third-order valence-corrected chi connectivity index (χ3v) is 5.08. The fourth-order valence-electron chi connectivity index (χ4n) is 3.67. The maximum absolute atomic E-state index is 6.12. The topological polar surface area (TPSA) is 29.3 Å². The highest BCUT2D eigenvalue weighted by Crippen LogP contribution is 2.35. The van der Waals surface area contributed by atoms with E-state index >= 15 is 0 Å². The highest BCUT2D eigenvalue weighted by atomic mass is 15.2. The molecule has 2 heteroatoms. The molecule has 1 aromatic carbocycles. The Hall–Kier alpha value is -0.860. The molecule has 1 aliphatic heterocycles. The van der Waals surface area contributed by atoms with E-state index in [4.69, 9.17) is 5.73 Å². The van der Waals surface area contributed by atoms with E-state index in [-0.39, 0.29) is 0 Å². The average molecular weight is 288 g/mol. The summed E-state index contributed by atoms with van der Waals surface area (Å²) in [7, 11) is 0. The molecule has 21 heavy (non-hydrogen) atoms. The van der Waals surface area contributed by atoms with Gasteiger partial charge < -0.3 is 5.73 Å². The molecule has 1 fully saturated rings. The van der Waals surface area contributed by atoms with Gasteiger partial charge in [-0.15, -0.1) is 0 Å². The molecule has 1 aliphatic rings. The molecule has 0 amide bonds. The molecule has 2 nitrogen and oxygen atoms in total. The van der Waals surface area contributed by atoms with Gasteiger partial charge in [-0.1, -0.05) is 50.6 Å². The molecule has 0 spiro atoms. The van der Waals surface area contributed by atoms with E-state index in [1.807, 2.05) is 0 Å². The summed E-state index contributed by atoms with van der Waals surface area (Å²) in [5.74, 6) is 0.832. The minimum atomic E-state index is 0.378. The lowest BCUT2D eigenvalue weighted by Crippen LogP contribution is -2.35. The summed E-state index contributed by atoms with van der Waals surface area (Å²) in [6.07, 6.45) is 3.95. The van der Waals surface area contributed by atoms with Gasteiger partial charge in [0.25, 0.3) is 0 Å². The Labute approximate surface area is 130 Å². The number of hydrogen-bond acceptors (Lipinski definition) is 2. The molecular weight excluding hydrogens is 256 g/mol. The van der Waals surface area contributed by atoms with Crippen LogP contribution >= 0.6 is 0 Å². The summed E-state index contributed by atoms with van der Waals surface area (Å²) in [6, 6.07) is 9.22. The van der Waals surface area contributed by atoms with Crippen molar-refractivity contribution in [3.05, 3.63) is 35.4 Å². The van der Waals surface area contributed by atoms with Crippen molar-refractivity contribution in [1.82, 2.24) is 4.90 Å². The van der Waals surface area contributed by atoms with Crippen LogP contribution in [0.2, 0.25) is 0 Å². The molecule has 0 radical (unpaired) electrons. The largest absolute Gasteiger partial charge is 0.329 e. The smallest absolute Gasteiger partial charge is 0.0470 e. The minimum absolute atomic E-state index is 0.378. The Kier molecular flexibility index (Phi) is 5.45. The van der Waals surface area contributed by atoms with Crippen LogP contribution in [0.5, 0.6) is 0 Å². The number of likely N-dealkylation sites (tertiary alicyclic amines) is 1. The van der Waals surface area contributed by atoms with Gasteiger partial charge in [0.05, 0.1) is 0 Å². The number of benzene rings is 1. The van der Waals surface area contributed by atoms with E-state index in [1.54, 1.807) is 0 Å². The van der Waals surface area contributed by atoms with Crippen molar-refractivity contribution in [3.63, 3.8) is 0 Å². The Balaban J connectivity index is 2.09. The monoisotopic (exact) mass is 288 g/mol. The molecule has 1 aromatic rings. The predicted molar refractivity (Wildman–Crippen MR) is 91.3 cm³/mol. The number of aryl methyl sites for hydroxylation is 1. The molecule has 0 aromatic heterocycles. The lowest BCUT2D eigenvalue weighted by Gasteiger charge is -2.32. The first-order valence-electron chi connectivity index (χ1n) is 8.42. The normalized spacial score (nSPS) is 22.8. The summed E-state index contributed by atoms with van der Waals surface area (Å²) in [5, 5.41) is 0. The Bertz CT molecular complexity index is 447. The fourth-order valence-corrected chi connectivity index (χ4v) is 3.67. The lowest BCUT2D eigenvalue weighted by atomic mass is 9.77. The van der Waals surface area contributed by atoms with Crippen molar-refractivity contribution < 1.29 is 0 Å². The summed E-state index contributed by atoms with van der Waals surface area (Å²) < 4.78 is 0. The van der Waals surface area contributed by atoms with E-state index < -0.39 is 0 Å². The third kappa shape index (κ3) is 4.31. The third-order valence-electron chi connectivity index (χ3n) is 5.08. The Morgan fingerprint density at radius 1 is 1.24 bits per heavy atom. The lowest BCUT2D eigenvalue weighted by molar-refractivity contribution is 0.185. The summed E-state index contributed by atoms with van der Waals surface area (Å²) in [6.45, 7) is 12.4. The minimum Gasteiger partial charge on any atom is -0.329 e. The SMILES string of the molecule is Cc1cccc(C(CN)N2CCCC(C(C)(C)C)CC2)c1. The number of rotatable bonds is 3. The molecule has 118 valence electrons. The van der Waals surface area contributed by atoms with Crippen LogP contribution in [0.3, 0.4) is 0 Å². The maximum Gasteiger partial charge on any atom is 0.0470 e. The second kappa shape index (κ2) is 6.93. The van der Waals surface area contributed by atoms with Crippen LogP contribution in [0.4, 0.5) is 0 Å². The van der Waals surface area contributed by atoms with E-state index in [1.165, 1.54) is 43.5 Å². The number of nitrogens with zero attached hydrogens (tertiary/aromatic N) is 1. The van der Waals surface area contributed by atoms with Gasteiger partial charge in [-0.25, -0.2) is 0 Å². The molecule has 0 bridgehead atoms. The first-order chi connectivity index (χ1) is 9.91. The molecule has 2 N–H and O–H groups in total. The van der Waals surface area contributed by atoms with Gasteiger partial charge in [-0.05, 0) is 56.2 Å². The predicted octanol–water partition coefficient (Wildman–Crippen LogP) is 4.14. The molecule has 0 aliphatic carbocycles. The Morgan fingerprint density at radius 2 is 2.00 bits per heavy atom. The standard InChI is InChI=1S/C19H32N2/c1-15-7-5-8-16(13-15)18(14-20)21-11-6-9-17(10-12-21)19(2,3)4/h5,7-8,13,17-18H,6,9-12,14,20H2,1-4H3. The molecule has 2 atom stereocenters. The van der Waals surface area contributed by atoms with Crippen LogP contribution in [-0.4, -0.2) is 24.5 Å². The zero-order chi connectivity index (χ0) is 15.5. The molecule has 2 rings (SSSR count). The molecule has 1 saturated heterocycles. The van der Waals surface area contributed by atoms with Gasteiger partial charge in [0, 0.05) is 12.6 Å². The van der Waals surface area contributed by atoms with Crippen LogP contribution in [0.25, 0.3) is 0 Å².